The molecule has 0 unspecified atom stereocenters. The van der Waals surface area contributed by atoms with Crippen molar-refractivity contribution in [3.05, 3.63) is 24.3 Å². The molecule has 1 aliphatic carbocycles. The Morgan fingerprint density at radius 3 is 2.32 bits per heavy atom. The van der Waals surface area contributed by atoms with Crippen LogP contribution >= 0.6 is 0 Å². The standard InChI is InChI=1S/C19H31N3/c1-21-13-15-22(16-14-21)19-9-7-18(8-10-19)20-12-11-17-5-3-2-4-6-17/h7-10,17,20H,2-6,11-16H2,1H3. The maximum Gasteiger partial charge on any atom is 0.0368 e. The van der Waals surface area contributed by atoms with Crippen molar-refractivity contribution in [3.8, 4) is 0 Å². The lowest BCUT2D eigenvalue weighted by Gasteiger charge is -2.34. The molecular weight excluding hydrogens is 270 g/mol. The second-order valence-corrected chi connectivity index (χ2v) is 7.06. The maximum atomic E-state index is 3.60. The predicted octanol–water partition coefficient (Wildman–Crippen LogP) is 3.82. The molecular formula is C19H31N3. The molecule has 3 nitrogen and oxygen atoms in total. The van der Waals surface area contributed by atoms with Gasteiger partial charge < -0.3 is 15.1 Å². The van der Waals surface area contributed by atoms with Crippen LogP contribution in [0.3, 0.4) is 0 Å². The molecule has 1 N–H and O–H groups in total. The van der Waals surface area contributed by atoms with Gasteiger partial charge in [0.25, 0.3) is 0 Å². The molecule has 2 aliphatic rings. The number of likely N-dealkylation sites (N-methyl/N-ethyl adjacent to an activating group) is 1. The molecule has 3 heteroatoms. The van der Waals surface area contributed by atoms with Crippen LogP contribution in [0.5, 0.6) is 0 Å². The van der Waals surface area contributed by atoms with Gasteiger partial charge in [0, 0.05) is 44.1 Å². The zero-order valence-electron chi connectivity index (χ0n) is 14.1. The van der Waals surface area contributed by atoms with E-state index < -0.39 is 0 Å². The first-order chi connectivity index (χ1) is 10.8. The molecule has 1 aromatic rings. The summed E-state index contributed by atoms with van der Waals surface area (Å²) in [5, 5.41) is 3.60. The first-order valence-corrected chi connectivity index (χ1v) is 9.09. The fraction of sp³-hybridized carbons (Fsp3) is 0.684. The highest BCUT2D eigenvalue weighted by Gasteiger charge is 2.14. The van der Waals surface area contributed by atoms with Gasteiger partial charge in [-0.3, -0.25) is 0 Å². The number of nitrogens with zero attached hydrogens (tertiary/aromatic N) is 2. The summed E-state index contributed by atoms with van der Waals surface area (Å²) >= 11 is 0. The van der Waals surface area contributed by atoms with E-state index in [-0.39, 0.29) is 0 Å². The Hall–Kier alpha value is -1.22. The van der Waals surface area contributed by atoms with Crippen molar-refractivity contribution in [1.29, 1.82) is 0 Å². The summed E-state index contributed by atoms with van der Waals surface area (Å²) in [5.74, 6) is 0.964. The van der Waals surface area contributed by atoms with Gasteiger partial charge in [-0.1, -0.05) is 32.1 Å². The molecule has 0 spiro atoms. The zero-order valence-corrected chi connectivity index (χ0v) is 14.1. The van der Waals surface area contributed by atoms with E-state index in [2.05, 4.69) is 46.4 Å². The third-order valence-corrected chi connectivity index (χ3v) is 5.34. The van der Waals surface area contributed by atoms with Crippen LogP contribution in [0.4, 0.5) is 11.4 Å². The Morgan fingerprint density at radius 1 is 0.955 bits per heavy atom. The molecule has 1 saturated heterocycles. The van der Waals surface area contributed by atoms with Crippen molar-refractivity contribution in [1.82, 2.24) is 4.90 Å². The van der Waals surface area contributed by atoms with Crippen molar-refractivity contribution in [3.63, 3.8) is 0 Å². The van der Waals surface area contributed by atoms with Crippen LogP contribution in [-0.2, 0) is 0 Å². The van der Waals surface area contributed by atoms with Crippen LogP contribution in [0.15, 0.2) is 24.3 Å². The molecule has 3 rings (SSSR count). The predicted molar refractivity (Wildman–Crippen MR) is 95.8 cm³/mol. The first-order valence-electron chi connectivity index (χ1n) is 9.09. The zero-order chi connectivity index (χ0) is 15.2. The second kappa shape index (κ2) is 7.87. The minimum Gasteiger partial charge on any atom is -0.385 e. The van der Waals surface area contributed by atoms with E-state index in [1.54, 1.807) is 0 Å². The maximum absolute atomic E-state index is 3.60. The Kier molecular flexibility index (Phi) is 5.60. The van der Waals surface area contributed by atoms with Crippen LogP contribution in [0.2, 0.25) is 0 Å². The Balaban J connectivity index is 1.43. The summed E-state index contributed by atoms with van der Waals surface area (Å²) in [6.07, 6.45) is 8.58. The average molecular weight is 301 g/mol. The minimum atomic E-state index is 0.964. The Morgan fingerprint density at radius 2 is 1.64 bits per heavy atom. The minimum absolute atomic E-state index is 0.964. The molecule has 2 fully saturated rings. The van der Waals surface area contributed by atoms with Crippen LogP contribution < -0.4 is 10.2 Å². The fourth-order valence-corrected chi connectivity index (χ4v) is 3.75. The van der Waals surface area contributed by atoms with Crippen molar-refractivity contribution in [2.75, 3.05) is 50.0 Å². The van der Waals surface area contributed by atoms with Gasteiger partial charge in [0.05, 0.1) is 0 Å². The SMILES string of the molecule is CN1CCN(c2ccc(NCCC3CCCCC3)cc2)CC1. The van der Waals surface area contributed by atoms with Crippen LogP contribution in [-0.4, -0.2) is 44.7 Å². The molecule has 0 amide bonds. The van der Waals surface area contributed by atoms with Crippen LogP contribution in [0.25, 0.3) is 0 Å². The Labute approximate surface area is 135 Å². The normalized spacial score (nSPS) is 21.0. The third-order valence-electron chi connectivity index (χ3n) is 5.34. The van der Waals surface area contributed by atoms with Crippen molar-refractivity contribution in [2.45, 2.75) is 38.5 Å². The van der Waals surface area contributed by atoms with Gasteiger partial charge in [-0.05, 0) is 43.7 Å². The number of benzene rings is 1. The van der Waals surface area contributed by atoms with Crippen molar-refractivity contribution in [2.24, 2.45) is 5.92 Å². The largest absolute Gasteiger partial charge is 0.385 e. The molecule has 1 heterocycles. The summed E-state index contributed by atoms with van der Waals surface area (Å²) in [5.41, 5.74) is 2.64. The monoisotopic (exact) mass is 301 g/mol. The second-order valence-electron chi connectivity index (χ2n) is 7.06. The lowest BCUT2D eigenvalue weighted by Crippen LogP contribution is -2.44. The summed E-state index contributed by atoms with van der Waals surface area (Å²) < 4.78 is 0. The molecule has 122 valence electrons. The quantitative estimate of drug-likeness (QED) is 0.892. The summed E-state index contributed by atoms with van der Waals surface area (Å²) in [4.78, 5) is 4.89. The highest BCUT2D eigenvalue weighted by atomic mass is 15.2. The molecule has 0 radical (unpaired) electrons. The lowest BCUT2D eigenvalue weighted by atomic mass is 9.87. The van der Waals surface area contributed by atoms with E-state index in [1.165, 1.54) is 63.0 Å². The van der Waals surface area contributed by atoms with E-state index in [0.717, 1.165) is 25.6 Å². The fourth-order valence-electron chi connectivity index (χ4n) is 3.75. The summed E-state index contributed by atoms with van der Waals surface area (Å²) in [6, 6.07) is 9.03. The average Bonchev–Trinajstić information content (AvgIpc) is 2.57. The smallest absolute Gasteiger partial charge is 0.0368 e. The molecule has 0 bridgehead atoms. The number of anilines is 2. The van der Waals surface area contributed by atoms with E-state index in [9.17, 15) is 0 Å². The number of hydrogen-bond donors (Lipinski definition) is 1. The molecule has 0 aromatic heterocycles. The van der Waals surface area contributed by atoms with Crippen molar-refractivity contribution < 1.29 is 0 Å². The van der Waals surface area contributed by atoms with Crippen LogP contribution in [0.1, 0.15) is 38.5 Å². The number of nitrogens with one attached hydrogen (secondary N) is 1. The van der Waals surface area contributed by atoms with E-state index >= 15 is 0 Å². The molecule has 1 saturated carbocycles. The number of hydrogen-bond acceptors (Lipinski definition) is 3. The molecule has 1 aliphatic heterocycles. The van der Waals surface area contributed by atoms with Gasteiger partial charge >= 0.3 is 0 Å². The van der Waals surface area contributed by atoms with Crippen LogP contribution in [0, 0.1) is 5.92 Å². The van der Waals surface area contributed by atoms with Gasteiger partial charge in [0.1, 0.15) is 0 Å². The summed E-state index contributed by atoms with van der Waals surface area (Å²) in [7, 11) is 2.21. The van der Waals surface area contributed by atoms with Gasteiger partial charge in [-0.15, -0.1) is 0 Å². The summed E-state index contributed by atoms with van der Waals surface area (Å²) in [6.45, 7) is 5.75. The molecule has 22 heavy (non-hydrogen) atoms. The van der Waals surface area contributed by atoms with E-state index in [0.29, 0.717) is 0 Å². The van der Waals surface area contributed by atoms with Gasteiger partial charge in [0.2, 0.25) is 0 Å². The topological polar surface area (TPSA) is 18.5 Å². The van der Waals surface area contributed by atoms with Crippen molar-refractivity contribution >= 4 is 11.4 Å². The lowest BCUT2D eigenvalue weighted by molar-refractivity contribution is 0.313. The van der Waals surface area contributed by atoms with Gasteiger partial charge in [-0.25, -0.2) is 0 Å². The van der Waals surface area contributed by atoms with Gasteiger partial charge in [0.15, 0.2) is 0 Å². The molecule has 0 atom stereocenters. The third kappa shape index (κ3) is 4.39. The van der Waals surface area contributed by atoms with E-state index in [4.69, 9.17) is 0 Å². The van der Waals surface area contributed by atoms with Gasteiger partial charge in [-0.2, -0.15) is 0 Å². The number of piperazine rings is 1. The highest BCUT2D eigenvalue weighted by Crippen LogP contribution is 2.26. The van der Waals surface area contributed by atoms with E-state index in [1.807, 2.05) is 0 Å². The molecule has 1 aromatic carbocycles. The highest BCUT2D eigenvalue weighted by molar-refractivity contribution is 5.55. The Bertz CT molecular complexity index is 428. The number of rotatable bonds is 5. The first kappa shape index (κ1) is 15.7.